The van der Waals surface area contributed by atoms with Crippen molar-refractivity contribution >= 4 is 21.4 Å². The van der Waals surface area contributed by atoms with Gasteiger partial charge in [0.2, 0.25) is 0 Å². The summed E-state index contributed by atoms with van der Waals surface area (Å²) in [5.74, 6) is -0.614. The van der Waals surface area contributed by atoms with Gasteiger partial charge in [-0.2, -0.15) is 5.26 Å². The van der Waals surface area contributed by atoms with E-state index in [9.17, 15) is 12.8 Å². The van der Waals surface area contributed by atoms with Crippen molar-refractivity contribution in [1.29, 1.82) is 5.26 Å². The minimum absolute atomic E-state index is 0.0000789. The Morgan fingerprint density at radius 2 is 1.80 bits per heavy atom. The Balaban J connectivity index is 2.39. The monoisotopic (exact) mass is 291 g/mol. The molecule has 0 spiro atoms. The van der Waals surface area contributed by atoms with E-state index in [0.717, 1.165) is 12.1 Å². The van der Waals surface area contributed by atoms with E-state index in [1.54, 1.807) is 6.07 Å². The topological polar surface area (TPSA) is 96.0 Å². The third-order valence-corrected chi connectivity index (χ3v) is 3.92. The van der Waals surface area contributed by atoms with Gasteiger partial charge in [0.25, 0.3) is 10.0 Å². The van der Waals surface area contributed by atoms with Crippen LogP contribution in [0.15, 0.2) is 47.4 Å². The minimum Gasteiger partial charge on any atom is -0.399 e. The van der Waals surface area contributed by atoms with Gasteiger partial charge in [-0.3, -0.25) is 4.72 Å². The Hall–Kier alpha value is -2.59. The third-order valence-electron chi connectivity index (χ3n) is 2.54. The number of hydrogen-bond donors (Lipinski definition) is 2. The summed E-state index contributed by atoms with van der Waals surface area (Å²) in [6.07, 6.45) is 0. The molecule has 20 heavy (non-hydrogen) atoms. The van der Waals surface area contributed by atoms with E-state index in [2.05, 4.69) is 4.72 Å². The lowest BCUT2D eigenvalue weighted by atomic mass is 10.2. The molecule has 0 saturated heterocycles. The highest BCUT2D eigenvalue weighted by atomic mass is 32.2. The number of anilines is 2. The molecule has 0 radical (unpaired) electrons. The molecule has 5 nitrogen and oxygen atoms in total. The van der Waals surface area contributed by atoms with Crippen LogP contribution in [0.3, 0.4) is 0 Å². The van der Waals surface area contributed by atoms with Crippen molar-refractivity contribution < 1.29 is 12.8 Å². The summed E-state index contributed by atoms with van der Waals surface area (Å²) in [5, 5.41) is 8.88. The maximum absolute atomic E-state index is 13.0. The van der Waals surface area contributed by atoms with E-state index >= 15 is 0 Å². The maximum Gasteiger partial charge on any atom is 0.261 e. The highest BCUT2D eigenvalue weighted by Crippen LogP contribution is 2.21. The molecule has 0 aliphatic rings. The van der Waals surface area contributed by atoms with E-state index in [-0.39, 0.29) is 16.1 Å². The van der Waals surface area contributed by atoms with Crippen LogP contribution < -0.4 is 10.5 Å². The van der Waals surface area contributed by atoms with Crippen molar-refractivity contribution in [3.05, 3.63) is 53.8 Å². The summed E-state index contributed by atoms with van der Waals surface area (Å²) < 4.78 is 39.5. The largest absolute Gasteiger partial charge is 0.399 e. The zero-order chi connectivity index (χ0) is 14.8. The van der Waals surface area contributed by atoms with Crippen LogP contribution in [0.25, 0.3) is 0 Å². The van der Waals surface area contributed by atoms with Crippen molar-refractivity contribution in [2.75, 3.05) is 10.5 Å². The molecule has 0 aliphatic carbocycles. The summed E-state index contributed by atoms with van der Waals surface area (Å²) in [6.45, 7) is 0. The van der Waals surface area contributed by atoms with Gasteiger partial charge in [-0.05, 0) is 42.5 Å². The number of benzene rings is 2. The highest BCUT2D eigenvalue weighted by molar-refractivity contribution is 7.92. The number of rotatable bonds is 3. The molecule has 0 atom stereocenters. The Bertz CT molecular complexity index is 780. The Morgan fingerprint density at radius 1 is 1.15 bits per heavy atom. The smallest absolute Gasteiger partial charge is 0.261 e. The van der Waals surface area contributed by atoms with Crippen LogP contribution >= 0.6 is 0 Å². The van der Waals surface area contributed by atoms with Crippen LogP contribution in [-0.4, -0.2) is 8.42 Å². The maximum atomic E-state index is 13.0. The lowest BCUT2D eigenvalue weighted by molar-refractivity contribution is 0.601. The third kappa shape index (κ3) is 2.87. The first-order chi connectivity index (χ1) is 9.42. The van der Waals surface area contributed by atoms with Gasteiger partial charge in [0.1, 0.15) is 11.9 Å². The summed E-state index contributed by atoms with van der Waals surface area (Å²) in [4.78, 5) is -0.0000789. The molecule has 0 aromatic heterocycles. The van der Waals surface area contributed by atoms with Crippen LogP contribution in [0.1, 0.15) is 5.56 Å². The predicted molar refractivity (Wildman–Crippen MR) is 72.8 cm³/mol. The molecule has 7 heteroatoms. The van der Waals surface area contributed by atoms with E-state index < -0.39 is 15.8 Å². The number of nitriles is 1. The van der Waals surface area contributed by atoms with Crippen molar-refractivity contribution in [2.45, 2.75) is 4.90 Å². The van der Waals surface area contributed by atoms with Crippen molar-refractivity contribution in [3.63, 3.8) is 0 Å². The van der Waals surface area contributed by atoms with E-state index in [4.69, 9.17) is 11.0 Å². The molecule has 0 fully saturated rings. The molecule has 3 N–H and O–H groups in total. The van der Waals surface area contributed by atoms with Crippen LogP contribution in [0.5, 0.6) is 0 Å². The fraction of sp³-hybridized carbons (Fsp3) is 0. The summed E-state index contributed by atoms with van der Waals surface area (Å²) in [5.41, 5.74) is 5.84. The van der Waals surface area contributed by atoms with Gasteiger partial charge >= 0.3 is 0 Å². The Morgan fingerprint density at radius 3 is 2.40 bits per heavy atom. The molecule has 102 valence electrons. The SMILES string of the molecule is N#Cc1cc(F)ccc1NS(=O)(=O)c1ccc(N)cc1. The molecule has 2 rings (SSSR count). The second-order valence-corrected chi connectivity index (χ2v) is 5.66. The summed E-state index contributed by atoms with van der Waals surface area (Å²) >= 11 is 0. The normalized spacial score (nSPS) is 10.8. The molecule has 2 aromatic carbocycles. The molecule has 0 unspecified atom stereocenters. The molecule has 0 saturated carbocycles. The minimum atomic E-state index is -3.85. The zero-order valence-corrected chi connectivity index (χ0v) is 11.0. The first-order valence-corrected chi connectivity index (χ1v) is 6.99. The molecular weight excluding hydrogens is 281 g/mol. The van der Waals surface area contributed by atoms with Gasteiger partial charge in [0.15, 0.2) is 0 Å². The van der Waals surface area contributed by atoms with E-state index in [1.165, 1.54) is 30.3 Å². The standard InChI is InChI=1S/C13H10FN3O2S/c14-10-1-6-13(9(7-10)8-15)17-20(18,19)12-4-2-11(16)3-5-12/h1-7,17H,16H2. The predicted octanol–water partition coefficient (Wildman–Crippen LogP) is 2.08. The van der Waals surface area contributed by atoms with Gasteiger partial charge < -0.3 is 5.73 Å². The van der Waals surface area contributed by atoms with Crippen molar-refractivity contribution in [3.8, 4) is 6.07 Å². The average Bonchev–Trinajstić information content (AvgIpc) is 2.41. The fourth-order valence-corrected chi connectivity index (χ4v) is 2.63. The molecule has 0 bridgehead atoms. The van der Waals surface area contributed by atoms with Crippen LogP contribution in [0, 0.1) is 17.1 Å². The first kappa shape index (κ1) is 13.8. The highest BCUT2D eigenvalue weighted by Gasteiger charge is 2.16. The Kier molecular flexibility index (Phi) is 3.59. The second kappa shape index (κ2) is 5.19. The van der Waals surface area contributed by atoms with Gasteiger partial charge in [-0.25, -0.2) is 12.8 Å². The van der Waals surface area contributed by atoms with E-state index in [0.29, 0.717) is 5.69 Å². The molecular formula is C13H10FN3O2S. The molecule has 0 amide bonds. The number of hydrogen-bond acceptors (Lipinski definition) is 4. The van der Waals surface area contributed by atoms with Gasteiger partial charge in [-0.1, -0.05) is 0 Å². The number of nitrogen functional groups attached to an aromatic ring is 1. The summed E-state index contributed by atoms with van der Waals surface area (Å²) in [7, 11) is -3.85. The lowest BCUT2D eigenvalue weighted by Crippen LogP contribution is -2.14. The van der Waals surface area contributed by atoms with Gasteiger partial charge in [0, 0.05) is 5.69 Å². The zero-order valence-electron chi connectivity index (χ0n) is 10.2. The Labute approximate surface area is 115 Å². The number of halogens is 1. The van der Waals surface area contributed by atoms with Crippen molar-refractivity contribution in [2.24, 2.45) is 0 Å². The summed E-state index contributed by atoms with van der Waals surface area (Å²) in [6, 6.07) is 10.5. The number of nitrogens with one attached hydrogen (secondary N) is 1. The molecule has 0 heterocycles. The van der Waals surface area contributed by atoms with Crippen LogP contribution in [0.4, 0.5) is 15.8 Å². The average molecular weight is 291 g/mol. The number of nitrogens with two attached hydrogens (primary N) is 1. The molecule has 2 aromatic rings. The van der Waals surface area contributed by atoms with E-state index in [1.807, 2.05) is 0 Å². The first-order valence-electron chi connectivity index (χ1n) is 5.50. The lowest BCUT2D eigenvalue weighted by Gasteiger charge is -2.09. The second-order valence-electron chi connectivity index (χ2n) is 3.98. The van der Waals surface area contributed by atoms with Gasteiger partial charge in [0.05, 0.1) is 16.1 Å². The van der Waals surface area contributed by atoms with Gasteiger partial charge in [-0.15, -0.1) is 0 Å². The van der Waals surface area contributed by atoms with Crippen LogP contribution in [0.2, 0.25) is 0 Å². The molecule has 0 aliphatic heterocycles. The quantitative estimate of drug-likeness (QED) is 0.846. The van der Waals surface area contributed by atoms with Crippen LogP contribution in [-0.2, 0) is 10.0 Å². The fourth-order valence-electron chi connectivity index (χ4n) is 1.55. The van der Waals surface area contributed by atoms with Crippen molar-refractivity contribution in [1.82, 2.24) is 0 Å². The number of nitrogens with zero attached hydrogens (tertiary/aromatic N) is 1. The number of sulfonamides is 1.